The van der Waals surface area contributed by atoms with Gasteiger partial charge < -0.3 is 5.73 Å². The zero-order chi connectivity index (χ0) is 13.8. The molecule has 0 spiro atoms. The van der Waals surface area contributed by atoms with Gasteiger partial charge in [0.15, 0.2) is 0 Å². The maximum absolute atomic E-state index is 5.94. The normalized spacial score (nSPS) is 11.2. The Balaban J connectivity index is 2.20. The van der Waals surface area contributed by atoms with Gasteiger partial charge in [0, 0.05) is 24.4 Å². The summed E-state index contributed by atoms with van der Waals surface area (Å²) < 4.78 is 2.07. The number of nitrogens with two attached hydrogens (primary N) is 1. The molecule has 0 atom stereocenters. The van der Waals surface area contributed by atoms with E-state index in [-0.39, 0.29) is 0 Å². The van der Waals surface area contributed by atoms with Gasteiger partial charge in [-0.2, -0.15) is 5.10 Å². The van der Waals surface area contributed by atoms with Crippen LogP contribution in [-0.4, -0.2) is 14.8 Å². The number of aromatic nitrogens is 3. The molecular weight excluding hydrogens is 236 g/mol. The third-order valence-electron chi connectivity index (χ3n) is 3.66. The fourth-order valence-corrected chi connectivity index (χ4v) is 2.36. The van der Waals surface area contributed by atoms with E-state index < -0.39 is 0 Å². The van der Waals surface area contributed by atoms with Crippen LogP contribution in [0, 0.1) is 6.92 Å². The molecule has 0 aromatic carbocycles. The van der Waals surface area contributed by atoms with E-state index in [9.17, 15) is 0 Å². The molecule has 0 aliphatic rings. The van der Waals surface area contributed by atoms with E-state index in [0.717, 1.165) is 30.5 Å². The van der Waals surface area contributed by atoms with Gasteiger partial charge >= 0.3 is 0 Å². The summed E-state index contributed by atoms with van der Waals surface area (Å²) in [5.74, 6) is 0.608. The summed E-state index contributed by atoms with van der Waals surface area (Å²) in [6.45, 7) is 6.45. The van der Waals surface area contributed by atoms with Crippen molar-refractivity contribution < 1.29 is 0 Å². The molecule has 4 nitrogen and oxygen atoms in total. The van der Waals surface area contributed by atoms with E-state index in [1.54, 1.807) is 6.20 Å². The largest absolute Gasteiger partial charge is 0.383 e. The number of rotatable bonds is 5. The highest BCUT2D eigenvalue weighted by Crippen LogP contribution is 2.19. The lowest BCUT2D eigenvalue weighted by molar-refractivity contribution is 0.426. The van der Waals surface area contributed by atoms with Gasteiger partial charge in [0.05, 0.1) is 11.7 Å². The van der Waals surface area contributed by atoms with Crippen LogP contribution in [0.25, 0.3) is 0 Å². The molecule has 0 amide bonds. The van der Waals surface area contributed by atoms with Crippen LogP contribution < -0.4 is 5.73 Å². The van der Waals surface area contributed by atoms with Gasteiger partial charge in [0.25, 0.3) is 0 Å². The first-order chi connectivity index (χ1) is 9.15. The van der Waals surface area contributed by atoms with E-state index in [1.807, 2.05) is 6.07 Å². The molecule has 0 aliphatic heterocycles. The predicted molar refractivity (Wildman–Crippen MR) is 78.0 cm³/mol. The topological polar surface area (TPSA) is 56.7 Å². The second kappa shape index (κ2) is 5.87. The first-order valence-electron chi connectivity index (χ1n) is 6.89. The van der Waals surface area contributed by atoms with Crippen LogP contribution in [0.5, 0.6) is 0 Å². The Labute approximate surface area is 114 Å². The van der Waals surface area contributed by atoms with Crippen molar-refractivity contribution in [2.45, 2.75) is 46.1 Å². The molecule has 0 saturated carbocycles. The molecule has 2 N–H and O–H groups in total. The Bertz CT molecular complexity index is 521. The van der Waals surface area contributed by atoms with Crippen molar-refractivity contribution in [2.75, 3.05) is 5.73 Å². The SMILES string of the molecule is CCC(CC)n1ccc(Cc2c(C)ccnc2N)n1. The fraction of sp³-hybridized carbons (Fsp3) is 0.467. The van der Waals surface area contributed by atoms with Crippen molar-refractivity contribution in [2.24, 2.45) is 0 Å². The lowest BCUT2D eigenvalue weighted by atomic mass is 10.1. The number of nitrogens with zero attached hydrogens (tertiary/aromatic N) is 3. The highest BCUT2D eigenvalue weighted by Gasteiger charge is 2.10. The van der Waals surface area contributed by atoms with E-state index >= 15 is 0 Å². The van der Waals surface area contributed by atoms with Crippen LogP contribution >= 0.6 is 0 Å². The number of hydrogen-bond donors (Lipinski definition) is 1. The van der Waals surface area contributed by atoms with Gasteiger partial charge in [-0.1, -0.05) is 13.8 Å². The van der Waals surface area contributed by atoms with Crippen molar-refractivity contribution in [1.29, 1.82) is 0 Å². The van der Waals surface area contributed by atoms with Crippen molar-refractivity contribution in [3.8, 4) is 0 Å². The lowest BCUT2D eigenvalue weighted by Gasteiger charge is -2.12. The minimum absolute atomic E-state index is 0.487. The molecule has 2 heterocycles. The van der Waals surface area contributed by atoms with Crippen molar-refractivity contribution in [1.82, 2.24) is 14.8 Å². The van der Waals surface area contributed by atoms with Crippen molar-refractivity contribution in [3.63, 3.8) is 0 Å². The molecule has 0 fully saturated rings. The Hall–Kier alpha value is -1.84. The highest BCUT2D eigenvalue weighted by atomic mass is 15.3. The summed E-state index contributed by atoms with van der Waals surface area (Å²) in [5.41, 5.74) is 9.24. The minimum Gasteiger partial charge on any atom is -0.383 e. The first-order valence-corrected chi connectivity index (χ1v) is 6.89. The maximum atomic E-state index is 5.94. The van der Waals surface area contributed by atoms with Gasteiger partial charge in [0.2, 0.25) is 0 Å². The second-order valence-corrected chi connectivity index (χ2v) is 4.93. The molecule has 4 heteroatoms. The Morgan fingerprint density at radius 1 is 1.26 bits per heavy atom. The predicted octanol–water partition coefficient (Wildman–Crippen LogP) is 3.12. The first kappa shape index (κ1) is 13.6. The fourth-order valence-electron chi connectivity index (χ4n) is 2.36. The highest BCUT2D eigenvalue weighted by molar-refractivity contribution is 5.45. The third-order valence-corrected chi connectivity index (χ3v) is 3.66. The average Bonchev–Trinajstić information content (AvgIpc) is 2.84. The Morgan fingerprint density at radius 2 is 2.00 bits per heavy atom. The quantitative estimate of drug-likeness (QED) is 0.896. The summed E-state index contributed by atoms with van der Waals surface area (Å²) in [6.07, 6.45) is 6.77. The van der Waals surface area contributed by atoms with Crippen LogP contribution in [-0.2, 0) is 6.42 Å². The van der Waals surface area contributed by atoms with E-state index in [1.165, 1.54) is 5.56 Å². The van der Waals surface area contributed by atoms with Crippen LogP contribution in [0.1, 0.15) is 49.6 Å². The number of hydrogen-bond acceptors (Lipinski definition) is 3. The summed E-state index contributed by atoms with van der Waals surface area (Å²) in [4.78, 5) is 4.15. The molecule has 102 valence electrons. The van der Waals surface area contributed by atoms with Crippen LogP contribution in [0.2, 0.25) is 0 Å². The second-order valence-electron chi connectivity index (χ2n) is 4.93. The van der Waals surface area contributed by atoms with E-state index in [0.29, 0.717) is 11.9 Å². The molecule has 0 radical (unpaired) electrons. The number of pyridine rings is 1. The molecule has 0 bridgehead atoms. The molecule has 2 aromatic heterocycles. The van der Waals surface area contributed by atoms with Gasteiger partial charge in [-0.15, -0.1) is 0 Å². The lowest BCUT2D eigenvalue weighted by Crippen LogP contribution is -2.08. The zero-order valence-electron chi connectivity index (χ0n) is 11.9. The molecule has 19 heavy (non-hydrogen) atoms. The van der Waals surface area contributed by atoms with Gasteiger partial charge in [0.1, 0.15) is 5.82 Å². The summed E-state index contributed by atoms with van der Waals surface area (Å²) in [7, 11) is 0. The Morgan fingerprint density at radius 3 is 2.63 bits per heavy atom. The summed E-state index contributed by atoms with van der Waals surface area (Å²) >= 11 is 0. The summed E-state index contributed by atoms with van der Waals surface area (Å²) in [6, 6.07) is 4.55. The molecular formula is C15H22N4. The van der Waals surface area contributed by atoms with Crippen LogP contribution in [0.15, 0.2) is 24.5 Å². The van der Waals surface area contributed by atoms with E-state index in [4.69, 9.17) is 5.73 Å². The van der Waals surface area contributed by atoms with E-state index in [2.05, 4.69) is 47.8 Å². The monoisotopic (exact) mass is 258 g/mol. The van der Waals surface area contributed by atoms with Gasteiger partial charge in [-0.05, 0) is 37.5 Å². The Kier molecular flexibility index (Phi) is 4.20. The minimum atomic E-state index is 0.487. The smallest absolute Gasteiger partial charge is 0.127 e. The van der Waals surface area contributed by atoms with Crippen molar-refractivity contribution in [3.05, 3.63) is 41.3 Å². The zero-order valence-corrected chi connectivity index (χ0v) is 11.9. The molecule has 0 unspecified atom stereocenters. The molecule has 0 saturated heterocycles. The number of anilines is 1. The third kappa shape index (κ3) is 2.95. The number of aryl methyl sites for hydroxylation is 1. The van der Waals surface area contributed by atoms with Crippen molar-refractivity contribution >= 4 is 5.82 Å². The number of nitrogen functional groups attached to an aromatic ring is 1. The summed E-state index contributed by atoms with van der Waals surface area (Å²) in [5, 5.41) is 4.66. The average molecular weight is 258 g/mol. The van der Waals surface area contributed by atoms with Gasteiger partial charge in [-0.3, -0.25) is 4.68 Å². The maximum Gasteiger partial charge on any atom is 0.127 e. The molecule has 0 aliphatic carbocycles. The van der Waals surface area contributed by atoms with Gasteiger partial charge in [-0.25, -0.2) is 4.98 Å². The van der Waals surface area contributed by atoms with Crippen LogP contribution in [0.4, 0.5) is 5.82 Å². The molecule has 2 aromatic rings. The standard InChI is InChI=1S/C15H22N4/c1-4-13(5-2)19-9-7-12(18-19)10-14-11(3)6-8-17-15(14)16/h6-9,13H,4-5,10H2,1-3H3,(H2,16,17). The van der Waals surface area contributed by atoms with Crippen LogP contribution in [0.3, 0.4) is 0 Å². The molecule has 2 rings (SSSR count).